The van der Waals surface area contributed by atoms with Crippen molar-refractivity contribution < 1.29 is 9.84 Å². The summed E-state index contributed by atoms with van der Waals surface area (Å²) in [7, 11) is 0. The van der Waals surface area contributed by atoms with Crippen LogP contribution in [-0.4, -0.2) is 43.3 Å². The van der Waals surface area contributed by atoms with Crippen molar-refractivity contribution in [1.29, 1.82) is 0 Å². The molecule has 1 saturated heterocycles. The van der Waals surface area contributed by atoms with Crippen LogP contribution in [0.3, 0.4) is 0 Å². The minimum absolute atomic E-state index is 0.0572. The minimum atomic E-state index is -0.0572. The van der Waals surface area contributed by atoms with Crippen molar-refractivity contribution >= 4 is 23.4 Å². The maximum absolute atomic E-state index is 9.42. The van der Waals surface area contributed by atoms with Crippen LogP contribution in [0.15, 0.2) is 29.2 Å². The Morgan fingerprint density at radius 3 is 2.60 bits per heavy atom. The van der Waals surface area contributed by atoms with E-state index in [-0.39, 0.29) is 12.0 Å². The number of thioether (sulfide) groups is 1. The molecule has 0 saturated carbocycles. The maximum Gasteiger partial charge on any atom is 0.0579 e. The lowest BCUT2D eigenvalue weighted by Crippen LogP contribution is -2.54. The van der Waals surface area contributed by atoms with E-state index < -0.39 is 0 Å². The number of aliphatic hydroxyl groups is 1. The first kappa shape index (κ1) is 16.1. The van der Waals surface area contributed by atoms with Crippen LogP contribution < -0.4 is 5.32 Å². The van der Waals surface area contributed by atoms with Crippen LogP contribution in [0.1, 0.15) is 13.3 Å². The van der Waals surface area contributed by atoms with Crippen molar-refractivity contribution in [2.24, 2.45) is 5.41 Å². The van der Waals surface area contributed by atoms with Gasteiger partial charge in [-0.1, -0.05) is 18.5 Å². The second kappa shape index (κ2) is 7.66. The quantitative estimate of drug-likeness (QED) is 0.724. The second-order valence-corrected chi connectivity index (χ2v) is 6.93. The fraction of sp³-hybridized carbons (Fsp3) is 0.600. The fourth-order valence-electron chi connectivity index (χ4n) is 2.05. The molecule has 112 valence electrons. The van der Waals surface area contributed by atoms with E-state index in [1.54, 1.807) is 0 Å². The summed E-state index contributed by atoms with van der Waals surface area (Å²) in [5.41, 5.74) is -0.0572. The van der Waals surface area contributed by atoms with Gasteiger partial charge in [-0.05, 0) is 30.7 Å². The number of nitrogens with one attached hydrogen (secondary N) is 1. The number of rotatable bonds is 8. The van der Waals surface area contributed by atoms with Crippen molar-refractivity contribution in [1.82, 2.24) is 5.32 Å². The molecular weight excluding hydrogens is 294 g/mol. The molecule has 1 aromatic carbocycles. The Balaban J connectivity index is 1.76. The molecule has 1 aliphatic rings. The van der Waals surface area contributed by atoms with E-state index in [2.05, 4.69) is 24.4 Å². The Hall–Kier alpha value is -0.260. The molecule has 1 atom stereocenters. The van der Waals surface area contributed by atoms with Crippen LogP contribution in [0, 0.1) is 5.41 Å². The summed E-state index contributed by atoms with van der Waals surface area (Å²) < 4.78 is 5.22. The van der Waals surface area contributed by atoms with E-state index in [1.807, 2.05) is 23.9 Å². The second-order valence-electron chi connectivity index (χ2n) is 5.40. The monoisotopic (exact) mass is 315 g/mol. The van der Waals surface area contributed by atoms with Crippen LogP contribution >= 0.6 is 23.4 Å². The van der Waals surface area contributed by atoms with E-state index in [1.165, 1.54) is 4.90 Å². The van der Waals surface area contributed by atoms with Crippen molar-refractivity contribution in [3.63, 3.8) is 0 Å². The van der Waals surface area contributed by atoms with Gasteiger partial charge in [-0.25, -0.2) is 0 Å². The van der Waals surface area contributed by atoms with E-state index in [0.29, 0.717) is 19.3 Å². The third-order valence-corrected chi connectivity index (χ3v) is 5.10. The molecule has 20 heavy (non-hydrogen) atoms. The number of halogens is 1. The van der Waals surface area contributed by atoms with E-state index in [0.717, 1.165) is 23.7 Å². The third kappa shape index (κ3) is 4.37. The molecule has 1 fully saturated rings. The molecule has 3 nitrogen and oxygen atoms in total. The molecule has 0 radical (unpaired) electrons. The van der Waals surface area contributed by atoms with Gasteiger partial charge in [0.2, 0.25) is 0 Å². The first-order chi connectivity index (χ1) is 9.67. The van der Waals surface area contributed by atoms with Crippen LogP contribution in [0.5, 0.6) is 0 Å². The summed E-state index contributed by atoms with van der Waals surface area (Å²) in [6.45, 7) is 4.53. The van der Waals surface area contributed by atoms with Crippen LogP contribution in [0.2, 0.25) is 5.02 Å². The maximum atomic E-state index is 9.42. The number of benzene rings is 1. The molecule has 1 aromatic rings. The smallest absolute Gasteiger partial charge is 0.0579 e. The average Bonchev–Trinajstić information content (AvgIpc) is 2.43. The summed E-state index contributed by atoms with van der Waals surface area (Å²) in [5.74, 6) is 1.01. The van der Waals surface area contributed by atoms with Gasteiger partial charge in [0.15, 0.2) is 0 Å². The van der Waals surface area contributed by atoms with Crippen molar-refractivity contribution in [2.75, 3.05) is 32.1 Å². The molecule has 2 N–H and O–H groups in total. The van der Waals surface area contributed by atoms with Crippen molar-refractivity contribution in [3.8, 4) is 0 Å². The van der Waals surface area contributed by atoms with Crippen LogP contribution in [0.25, 0.3) is 0 Å². The SMILES string of the molecule is CCC(CSc1ccc(Cl)cc1)NCC1(CO)COC1. The topological polar surface area (TPSA) is 41.5 Å². The molecule has 0 spiro atoms. The summed E-state index contributed by atoms with van der Waals surface area (Å²) >= 11 is 7.71. The first-order valence-corrected chi connectivity index (χ1v) is 8.34. The lowest BCUT2D eigenvalue weighted by Gasteiger charge is -2.40. The fourth-order valence-corrected chi connectivity index (χ4v) is 3.25. The zero-order valence-corrected chi connectivity index (χ0v) is 13.3. The normalized spacial score (nSPS) is 18.6. The molecule has 1 heterocycles. The Morgan fingerprint density at radius 2 is 2.10 bits per heavy atom. The van der Waals surface area contributed by atoms with Gasteiger partial charge in [0, 0.05) is 28.3 Å². The van der Waals surface area contributed by atoms with E-state index >= 15 is 0 Å². The molecule has 0 aliphatic carbocycles. The molecule has 5 heteroatoms. The van der Waals surface area contributed by atoms with Gasteiger partial charge >= 0.3 is 0 Å². The first-order valence-electron chi connectivity index (χ1n) is 6.98. The number of hydrogen-bond donors (Lipinski definition) is 2. The zero-order valence-electron chi connectivity index (χ0n) is 11.8. The summed E-state index contributed by atoms with van der Waals surface area (Å²) in [5, 5.41) is 13.7. The number of aliphatic hydroxyl groups excluding tert-OH is 1. The summed E-state index contributed by atoms with van der Waals surface area (Å²) in [6, 6.07) is 8.39. The highest BCUT2D eigenvalue weighted by Gasteiger charge is 2.38. The van der Waals surface area contributed by atoms with Crippen molar-refractivity contribution in [3.05, 3.63) is 29.3 Å². The molecule has 1 aliphatic heterocycles. The van der Waals surface area contributed by atoms with E-state index in [9.17, 15) is 5.11 Å². The highest BCUT2D eigenvalue weighted by Crippen LogP contribution is 2.26. The molecule has 2 rings (SSSR count). The Bertz CT molecular complexity index is 403. The molecule has 1 unspecified atom stereocenters. The Labute approximate surface area is 130 Å². The van der Waals surface area contributed by atoms with Gasteiger partial charge < -0.3 is 15.2 Å². The van der Waals surface area contributed by atoms with Gasteiger partial charge in [-0.2, -0.15) is 0 Å². The minimum Gasteiger partial charge on any atom is -0.396 e. The highest BCUT2D eigenvalue weighted by atomic mass is 35.5. The Kier molecular flexibility index (Phi) is 6.18. The third-order valence-electron chi connectivity index (χ3n) is 3.68. The summed E-state index contributed by atoms with van der Waals surface area (Å²) in [4.78, 5) is 1.23. The van der Waals surface area contributed by atoms with Gasteiger partial charge in [-0.3, -0.25) is 0 Å². The lowest BCUT2D eigenvalue weighted by molar-refractivity contribution is -0.135. The zero-order chi connectivity index (χ0) is 14.4. The molecule has 0 amide bonds. The molecule has 0 bridgehead atoms. The van der Waals surface area contributed by atoms with E-state index in [4.69, 9.17) is 16.3 Å². The van der Waals surface area contributed by atoms with Gasteiger partial charge in [-0.15, -0.1) is 11.8 Å². The number of hydrogen-bond acceptors (Lipinski definition) is 4. The lowest BCUT2D eigenvalue weighted by atomic mass is 9.87. The molecular formula is C15H22ClNO2S. The molecule has 0 aromatic heterocycles. The predicted octanol–water partition coefficient (Wildman–Crippen LogP) is 2.81. The Morgan fingerprint density at radius 1 is 1.40 bits per heavy atom. The largest absolute Gasteiger partial charge is 0.396 e. The van der Waals surface area contributed by atoms with Gasteiger partial charge in [0.05, 0.1) is 25.2 Å². The van der Waals surface area contributed by atoms with Crippen molar-refractivity contribution in [2.45, 2.75) is 24.3 Å². The van der Waals surface area contributed by atoms with Crippen LogP contribution in [0.4, 0.5) is 0 Å². The van der Waals surface area contributed by atoms with Crippen LogP contribution in [-0.2, 0) is 4.74 Å². The predicted molar refractivity (Wildman–Crippen MR) is 84.6 cm³/mol. The highest BCUT2D eigenvalue weighted by molar-refractivity contribution is 7.99. The summed E-state index contributed by atoms with van der Waals surface area (Å²) in [6.07, 6.45) is 1.07. The average molecular weight is 316 g/mol. The number of ether oxygens (including phenoxy) is 1. The standard InChI is InChI=1S/C15H22ClNO2S/c1-2-13(17-8-15(9-18)10-19-11-15)7-20-14-5-3-12(16)4-6-14/h3-6,13,17-18H,2,7-11H2,1H3. The van der Waals surface area contributed by atoms with Gasteiger partial charge in [0.1, 0.15) is 0 Å². The van der Waals surface area contributed by atoms with Gasteiger partial charge in [0.25, 0.3) is 0 Å².